The van der Waals surface area contributed by atoms with Crippen molar-refractivity contribution in [2.45, 2.75) is 13.2 Å². The third-order valence-electron chi connectivity index (χ3n) is 4.17. The monoisotopic (exact) mass is 341 g/mol. The number of benzene rings is 3. The summed E-state index contributed by atoms with van der Waals surface area (Å²) >= 11 is 0. The Morgan fingerprint density at radius 1 is 0.692 bits per heavy atom. The fourth-order valence-corrected chi connectivity index (χ4v) is 2.83. The van der Waals surface area contributed by atoms with Crippen molar-refractivity contribution >= 4 is 10.8 Å². The number of rotatable bonds is 6. The van der Waals surface area contributed by atoms with Gasteiger partial charge in [-0.25, -0.2) is 0 Å². The standard InChI is InChI=1S/C23H19NO2/c1-3-7-18(8-4-1)16-25-21-13-20-15-24-12-11-22(20)23(14-21)26-17-19-9-5-2-6-10-19/h1-15H,16-17H2. The van der Waals surface area contributed by atoms with Crippen LogP contribution in [0.3, 0.4) is 0 Å². The van der Waals surface area contributed by atoms with Crippen LogP contribution in [0.4, 0.5) is 0 Å². The largest absolute Gasteiger partial charge is 0.489 e. The molecule has 3 nitrogen and oxygen atoms in total. The van der Waals surface area contributed by atoms with Crippen LogP contribution in [0.15, 0.2) is 91.3 Å². The van der Waals surface area contributed by atoms with Crippen LogP contribution in [0.25, 0.3) is 10.8 Å². The fourth-order valence-electron chi connectivity index (χ4n) is 2.83. The second-order valence-electron chi connectivity index (χ2n) is 6.07. The Morgan fingerprint density at radius 2 is 1.35 bits per heavy atom. The van der Waals surface area contributed by atoms with E-state index >= 15 is 0 Å². The summed E-state index contributed by atoms with van der Waals surface area (Å²) < 4.78 is 12.1. The van der Waals surface area contributed by atoms with Crippen molar-refractivity contribution in [2.24, 2.45) is 0 Å². The van der Waals surface area contributed by atoms with Crippen molar-refractivity contribution in [1.29, 1.82) is 0 Å². The number of pyridine rings is 1. The van der Waals surface area contributed by atoms with Gasteiger partial charge >= 0.3 is 0 Å². The molecule has 0 radical (unpaired) electrons. The number of aromatic nitrogens is 1. The molecule has 0 unspecified atom stereocenters. The maximum absolute atomic E-state index is 6.09. The molecule has 0 aliphatic heterocycles. The number of fused-ring (bicyclic) bond motifs is 1. The molecule has 1 aromatic heterocycles. The van der Waals surface area contributed by atoms with Crippen molar-refractivity contribution in [1.82, 2.24) is 4.98 Å². The molecule has 0 N–H and O–H groups in total. The average Bonchev–Trinajstić information content (AvgIpc) is 2.72. The van der Waals surface area contributed by atoms with E-state index in [1.165, 1.54) is 0 Å². The lowest BCUT2D eigenvalue weighted by Gasteiger charge is -2.13. The van der Waals surface area contributed by atoms with Crippen LogP contribution in [0.5, 0.6) is 11.5 Å². The number of hydrogen-bond donors (Lipinski definition) is 0. The molecule has 0 spiro atoms. The minimum absolute atomic E-state index is 0.514. The number of nitrogens with zero attached hydrogens (tertiary/aromatic N) is 1. The van der Waals surface area contributed by atoms with Gasteiger partial charge in [-0.3, -0.25) is 4.98 Å². The summed E-state index contributed by atoms with van der Waals surface area (Å²) in [5, 5.41) is 2.03. The van der Waals surface area contributed by atoms with Crippen LogP contribution in [0.1, 0.15) is 11.1 Å². The third kappa shape index (κ3) is 3.83. The Morgan fingerprint density at radius 3 is 2.04 bits per heavy atom. The van der Waals surface area contributed by atoms with Crippen molar-refractivity contribution in [3.05, 3.63) is 102 Å². The van der Waals surface area contributed by atoms with Gasteiger partial charge in [-0.05, 0) is 23.3 Å². The summed E-state index contributed by atoms with van der Waals surface area (Å²) in [6, 6.07) is 26.2. The van der Waals surface area contributed by atoms with Gasteiger partial charge in [0.1, 0.15) is 24.7 Å². The summed E-state index contributed by atoms with van der Waals surface area (Å²) in [4.78, 5) is 4.22. The first-order valence-corrected chi connectivity index (χ1v) is 8.60. The summed E-state index contributed by atoms with van der Waals surface area (Å²) in [7, 11) is 0. The molecule has 1 heterocycles. The van der Waals surface area contributed by atoms with Crippen molar-refractivity contribution in [3.8, 4) is 11.5 Å². The molecule has 0 saturated heterocycles. The quantitative estimate of drug-likeness (QED) is 0.471. The second-order valence-corrected chi connectivity index (χ2v) is 6.07. The molecular weight excluding hydrogens is 322 g/mol. The molecule has 0 aliphatic rings. The van der Waals surface area contributed by atoms with E-state index in [0.717, 1.165) is 33.4 Å². The zero-order chi connectivity index (χ0) is 17.6. The summed E-state index contributed by atoms with van der Waals surface area (Å²) in [6.07, 6.45) is 3.61. The Hall–Kier alpha value is -3.33. The zero-order valence-corrected chi connectivity index (χ0v) is 14.3. The minimum atomic E-state index is 0.514. The first kappa shape index (κ1) is 16.2. The van der Waals surface area contributed by atoms with Crippen LogP contribution in [0.2, 0.25) is 0 Å². The minimum Gasteiger partial charge on any atom is -0.489 e. The lowest BCUT2D eigenvalue weighted by Crippen LogP contribution is -1.99. The molecule has 0 aliphatic carbocycles. The Labute approximate surface area is 152 Å². The molecular formula is C23H19NO2. The Balaban J connectivity index is 1.58. The highest BCUT2D eigenvalue weighted by Gasteiger charge is 2.07. The Kier molecular flexibility index (Phi) is 4.79. The predicted molar refractivity (Wildman–Crippen MR) is 103 cm³/mol. The highest BCUT2D eigenvalue weighted by Crippen LogP contribution is 2.31. The lowest BCUT2D eigenvalue weighted by atomic mass is 10.1. The average molecular weight is 341 g/mol. The van der Waals surface area contributed by atoms with Gasteiger partial charge in [0.05, 0.1) is 0 Å². The van der Waals surface area contributed by atoms with Gasteiger partial charge in [0.15, 0.2) is 0 Å². The molecule has 128 valence electrons. The highest BCUT2D eigenvalue weighted by molar-refractivity contribution is 5.89. The smallest absolute Gasteiger partial charge is 0.131 e. The van der Waals surface area contributed by atoms with Gasteiger partial charge in [0.2, 0.25) is 0 Å². The first-order chi connectivity index (χ1) is 12.9. The molecule has 26 heavy (non-hydrogen) atoms. The van der Waals surface area contributed by atoms with Crippen LogP contribution in [0, 0.1) is 0 Å². The van der Waals surface area contributed by atoms with E-state index in [1.54, 1.807) is 6.20 Å². The van der Waals surface area contributed by atoms with E-state index in [0.29, 0.717) is 13.2 Å². The summed E-state index contributed by atoms with van der Waals surface area (Å²) in [5.41, 5.74) is 2.26. The van der Waals surface area contributed by atoms with Gasteiger partial charge in [0, 0.05) is 29.2 Å². The second kappa shape index (κ2) is 7.70. The molecule has 0 saturated carbocycles. The molecule has 0 amide bonds. The molecule has 4 aromatic rings. The maximum atomic E-state index is 6.09. The first-order valence-electron chi connectivity index (χ1n) is 8.60. The van der Waals surface area contributed by atoms with Crippen LogP contribution < -0.4 is 9.47 Å². The van der Waals surface area contributed by atoms with Crippen molar-refractivity contribution in [2.75, 3.05) is 0 Å². The Bertz CT molecular complexity index is 985. The highest BCUT2D eigenvalue weighted by atomic mass is 16.5. The molecule has 0 bridgehead atoms. The van der Waals surface area contributed by atoms with Gasteiger partial charge in [-0.1, -0.05) is 60.7 Å². The SMILES string of the molecule is c1ccc(COc2cc(OCc3ccccc3)c3ccncc3c2)cc1. The maximum Gasteiger partial charge on any atom is 0.131 e. The van der Waals surface area contributed by atoms with E-state index in [9.17, 15) is 0 Å². The molecule has 3 heteroatoms. The van der Waals surface area contributed by atoms with Gasteiger partial charge in [-0.15, -0.1) is 0 Å². The van der Waals surface area contributed by atoms with Crippen LogP contribution in [-0.2, 0) is 13.2 Å². The van der Waals surface area contributed by atoms with E-state index in [4.69, 9.17) is 9.47 Å². The molecule has 0 fully saturated rings. The summed E-state index contributed by atoms with van der Waals surface area (Å²) in [5.74, 6) is 1.58. The van der Waals surface area contributed by atoms with Gasteiger partial charge < -0.3 is 9.47 Å². The van der Waals surface area contributed by atoms with Crippen LogP contribution in [-0.4, -0.2) is 4.98 Å². The molecule has 3 aromatic carbocycles. The topological polar surface area (TPSA) is 31.4 Å². The molecule has 4 rings (SSSR count). The van der Waals surface area contributed by atoms with E-state index in [-0.39, 0.29) is 0 Å². The van der Waals surface area contributed by atoms with Crippen LogP contribution >= 0.6 is 0 Å². The van der Waals surface area contributed by atoms with Crippen molar-refractivity contribution < 1.29 is 9.47 Å². The van der Waals surface area contributed by atoms with Gasteiger partial charge in [0.25, 0.3) is 0 Å². The predicted octanol–water partition coefficient (Wildman–Crippen LogP) is 5.39. The lowest BCUT2D eigenvalue weighted by molar-refractivity contribution is 0.292. The number of ether oxygens (including phenoxy) is 2. The fraction of sp³-hybridized carbons (Fsp3) is 0.0870. The van der Waals surface area contributed by atoms with Gasteiger partial charge in [-0.2, -0.15) is 0 Å². The van der Waals surface area contributed by atoms with E-state index in [2.05, 4.69) is 29.2 Å². The summed E-state index contributed by atoms with van der Waals surface area (Å²) in [6.45, 7) is 1.03. The normalized spacial score (nSPS) is 10.6. The van der Waals surface area contributed by atoms with E-state index < -0.39 is 0 Å². The molecule has 0 atom stereocenters. The third-order valence-corrected chi connectivity index (χ3v) is 4.17. The number of hydrogen-bond acceptors (Lipinski definition) is 3. The van der Waals surface area contributed by atoms with E-state index in [1.807, 2.05) is 60.8 Å². The zero-order valence-electron chi connectivity index (χ0n) is 14.3. The van der Waals surface area contributed by atoms with Crippen molar-refractivity contribution in [3.63, 3.8) is 0 Å².